The highest BCUT2D eigenvalue weighted by molar-refractivity contribution is 5.47. The number of rotatable bonds is 4. The number of aliphatic hydroxyl groups is 1. The molecule has 3 N–H and O–H groups in total. The van der Waals surface area contributed by atoms with Gasteiger partial charge < -0.3 is 20.1 Å². The number of aliphatic hydroxyl groups excluding tert-OH is 1. The standard InChI is InChI=1S/C10H13N5O3/c1-5(16)8(11)10-12-9(15-18-10)6-3-4-7(17-2)14-13-6/h3-5,8,16H,11H2,1-2H3/t5-,8+/m1/s1. The van der Waals surface area contributed by atoms with Crippen molar-refractivity contribution in [2.24, 2.45) is 5.73 Å². The smallest absolute Gasteiger partial charge is 0.246 e. The van der Waals surface area contributed by atoms with Crippen LogP contribution in [0.25, 0.3) is 11.5 Å². The molecule has 0 aliphatic heterocycles. The second-order valence-corrected chi connectivity index (χ2v) is 3.68. The third kappa shape index (κ3) is 2.44. The molecule has 8 nitrogen and oxygen atoms in total. The van der Waals surface area contributed by atoms with Gasteiger partial charge in [0.25, 0.3) is 0 Å². The average Bonchev–Trinajstić information content (AvgIpc) is 2.87. The SMILES string of the molecule is COc1ccc(-c2noc([C@@H](N)[C@@H](C)O)n2)nn1. The molecular weight excluding hydrogens is 238 g/mol. The number of ether oxygens (including phenoxy) is 1. The monoisotopic (exact) mass is 251 g/mol. The maximum absolute atomic E-state index is 9.33. The minimum absolute atomic E-state index is 0.151. The Morgan fingerprint density at radius 3 is 2.72 bits per heavy atom. The predicted octanol–water partition coefficient (Wildman–Crippen LogP) is -0.0842. The first-order valence-corrected chi connectivity index (χ1v) is 5.27. The molecule has 0 fully saturated rings. The van der Waals surface area contributed by atoms with E-state index in [4.69, 9.17) is 15.0 Å². The van der Waals surface area contributed by atoms with Crippen molar-refractivity contribution in [1.82, 2.24) is 20.3 Å². The summed E-state index contributed by atoms with van der Waals surface area (Å²) >= 11 is 0. The van der Waals surface area contributed by atoms with Crippen LogP contribution >= 0.6 is 0 Å². The Morgan fingerprint density at radius 2 is 2.17 bits per heavy atom. The summed E-state index contributed by atoms with van der Waals surface area (Å²) in [6, 6.07) is 2.55. The van der Waals surface area contributed by atoms with E-state index >= 15 is 0 Å². The zero-order valence-electron chi connectivity index (χ0n) is 9.94. The van der Waals surface area contributed by atoms with Crippen LogP contribution in [0, 0.1) is 0 Å². The van der Waals surface area contributed by atoms with Crippen molar-refractivity contribution < 1.29 is 14.4 Å². The third-order valence-corrected chi connectivity index (χ3v) is 2.32. The molecule has 2 rings (SSSR count). The van der Waals surface area contributed by atoms with E-state index in [1.165, 1.54) is 7.11 Å². The van der Waals surface area contributed by atoms with E-state index in [1.54, 1.807) is 19.1 Å². The zero-order chi connectivity index (χ0) is 13.1. The number of methoxy groups -OCH3 is 1. The van der Waals surface area contributed by atoms with Crippen LogP contribution in [0.1, 0.15) is 18.9 Å². The van der Waals surface area contributed by atoms with E-state index in [2.05, 4.69) is 20.3 Å². The van der Waals surface area contributed by atoms with Crippen molar-refractivity contribution >= 4 is 0 Å². The van der Waals surface area contributed by atoms with E-state index in [0.717, 1.165) is 0 Å². The lowest BCUT2D eigenvalue weighted by Gasteiger charge is -2.08. The molecule has 8 heteroatoms. The second-order valence-electron chi connectivity index (χ2n) is 3.68. The molecule has 0 unspecified atom stereocenters. The number of hydrogen-bond donors (Lipinski definition) is 2. The van der Waals surface area contributed by atoms with Crippen LogP contribution in [0.4, 0.5) is 0 Å². The molecule has 0 aliphatic carbocycles. The van der Waals surface area contributed by atoms with Crippen molar-refractivity contribution in [2.75, 3.05) is 7.11 Å². The molecule has 0 bridgehead atoms. The minimum atomic E-state index is -0.778. The first-order chi connectivity index (χ1) is 8.61. The average molecular weight is 251 g/mol. The molecule has 0 aromatic carbocycles. The van der Waals surface area contributed by atoms with E-state index in [1.807, 2.05) is 0 Å². The molecule has 0 saturated heterocycles. The van der Waals surface area contributed by atoms with Gasteiger partial charge in [-0.1, -0.05) is 5.16 Å². The van der Waals surface area contributed by atoms with Gasteiger partial charge in [0.05, 0.1) is 13.2 Å². The van der Waals surface area contributed by atoms with E-state index in [9.17, 15) is 5.11 Å². The fraction of sp³-hybridized carbons (Fsp3) is 0.400. The van der Waals surface area contributed by atoms with Crippen molar-refractivity contribution in [3.05, 3.63) is 18.0 Å². The molecule has 2 atom stereocenters. The second kappa shape index (κ2) is 5.07. The van der Waals surface area contributed by atoms with Gasteiger partial charge in [0.15, 0.2) is 0 Å². The fourth-order valence-corrected chi connectivity index (χ4v) is 1.23. The van der Waals surface area contributed by atoms with E-state index in [0.29, 0.717) is 11.6 Å². The highest BCUT2D eigenvalue weighted by Gasteiger charge is 2.20. The van der Waals surface area contributed by atoms with Gasteiger partial charge in [-0.3, -0.25) is 0 Å². The minimum Gasteiger partial charge on any atom is -0.480 e. The maximum Gasteiger partial charge on any atom is 0.246 e. The summed E-state index contributed by atoms with van der Waals surface area (Å²) in [4.78, 5) is 4.05. The summed E-state index contributed by atoms with van der Waals surface area (Å²) < 4.78 is 9.84. The summed E-state index contributed by atoms with van der Waals surface area (Å²) in [5.74, 6) is 0.803. The Morgan fingerprint density at radius 1 is 1.39 bits per heavy atom. The van der Waals surface area contributed by atoms with E-state index < -0.39 is 12.1 Å². The molecule has 0 amide bonds. The van der Waals surface area contributed by atoms with Gasteiger partial charge in [0.2, 0.25) is 17.6 Å². The Balaban J connectivity index is 2.23. The van der Waals surface area contributed by atoms with Crippen LogP contribution in [0.2, 0.25) is 0 Å². The van der Waals surface area contributed by atoms with Gasteiger partial charge >= 0.3 is 0 Å². The lowest BCUT2D eigenvalue weighted by molar-refractivity contribution is 0.146. The summed E-state index contributed by atoms with van der Waals surface area (Å²) in [5.41, 5.74) is 6.11. The first kappa shape index (κ1) is 12.4. The fourth-order valence-electron chi connectivity index (χ4n) is 1.23. The summed E-state index contributed by atoms with van der Waals surface area (Å²) in [6.45, 7) is 1.54. The number of hydrogen-bond acceptors (Lipinski definition) is 8. The van der Waals surface area contributed by atoms with Gasteiger partial charge in [0.1, 0.15) is 11.7 Å². The summed E-state index contributed by atoms with van der Waals surface area (Å²) in [5, 5.41) is 20.7. The molecule has 0 radical (unpaired) electrons. The number of nitrogens with zero attached hydrogens (tertiary/aromatic N) is 4. The summed E-state index contributed by atoms with van der Waals surface area (Å²) in [7, 11) is 1.50. The van der Waals surface area contributed by atoms with Gasteiger partial charge in [0, 0.05) is 6.07 Å². The number of aromatic nitrogens is 4. The predicted molar refractivity (Wildman–Crippen MR) is 60.5 cm³/mol. The Bertz CT molecular complexity index is 510. The molecule has 2 aromatic heterocycles. The largest absolute Gasteiger partial charge is 0.480 e. The molecule has 0 saturated carbocycles. The lowest BCUT2D eigenvalue weighted by atomic mass is 10.2. The zero-order valence-corrected chi connectivity index (χ0v) is 9.94. The Kier molecular flexibility index (Phi) is 3.49. The van der Waals surface area contributed by atoms with Crippen LogP contribution in [0.3, 0.4) is 0 Å². The number of nitrogens with two attached hydrogens (primary N) is 1. The van der Waals surface area contributed by atoms with Gasteiger partial charge in [-0.25, -0.2) is 0 Å². The Hall–Kier alpha value is -2.06. The normalized spacial score (nSPS) is 14.2. The topological polar surface area (TPSA) is 120 Å². The summed E-state index contributed by atoms with van der Waals surface area (Å²) in [6.07, 6.45) is -0.778. The van der Waals surface area contributed by atoms with Crippen LogP contribution in [0.15, 0.2) is 16.7 Å². The molecular formula is C10H13N5O3. The third-order valence-electron chi connectivity index (χ3n) is 2.32. The lowest BCUT2D eigenvalue weighted by Crippen LogP contribution is -2.23. The van der Waals surface area contributed by atoms with Crippen molar-refractivity contribution in [1.29, 1.82) is 0 Å². The quantitative estimate of drug-likeness (QED) is 0.773. The molecule has 2 heterocycles. The van der Waals surface area contributed by atoms with E-state index in [-0.39, 0.29) is 11.7 Å². The molecule has 0 spiro atoms. The van der Waals surface area contributed by atoms with Crippen molar-refractivity contribution in [3.8, 4) is 17.4 Å². The molecule has 18 heavy (non-hydrogen) atoms. The van der Waals surface area contributed by atoms with Crippen LogP contribution in [-0.4, -0.2) is 38.7 Å². The Labute approximate surface area is 103 Å². The van der Waals surface area contributed by atoms with Crippen LogP contribution < -0.4 is 10.5 Å². The van der Waals surface area contributed by atoms with Crippen molar-refractivity contribution in [2.45, 2.75) is 19.1 Å². The van der Waals surface area contributed by atoms with Gasteiger partial charge in [-0.05, 0) is 13.0 Å². The van der Waals surface area contributed by atoms with Crippen LogP contribution in [0.5, 0.6) is 5.88 Å². The van der Waals surface area contributed by atoms with Gasteiger partial charge in [-0.2, -0.15) is 4.98 Å². The molecule has 96 valence electrons. The molecule has 2 aromatic rings. The highest BCUT2D eigenvalue weighted by atomic mass is 16.5. The highest BCUT2D eigenvalue weighted by Crippen LogP contribution is 2.18. The van der Waals surface area contributed by atoms with Crippen LogP contribution in [-0.2, 0) is 0 Å². The molecule has 0 aliphatic rings. The first-order valence-electron chi connectivity index (χ1n) is 5.27. The van der Waals surface area contributed by atoms with Crippen molar-refractivity contribution in [3.63, 3.8) is 0 Å². The maximum atomic E-state index is 9.33. The van der Waals surface area contributed by atoms with Gasteiger partial charge in [-0.15, -0.1) is 10.2 Å².